The Kier molecular flexibility index (Phi) is 13.3. The second-order valence-corrected chi connectivity index (χ2v) is 5.62. The first kappa shape index (κ1) is 27.9. The second kappa shape index (κ2) is 14.8. The third-order valence-corrected chi connectivity index (χ3v) is 3.88. The van der Waals surface area contributed by atoms with Crippen LogP contribution in [-0.2, 0) is 4.79 Å². The van der Waals surface area contributed by atoms with Crippen molar-refractivity contribution in [1.82, 2.24) is 9.38 Å². The van der Waals surface area contributed by atoms with Crippen molar-refractivity contribution in [2.45, 2.75) is 55.4 Å². The van der Waals surface area contributed by atoms with Gasteiger partial charge in [-0.05, 0) is 47.9 Å². The number of aromatic nitrogens is 2. The molecule has 2 N–H and O–H groups in total. The summed E-state index contributed by atoms with van der Waals surface area (Å²) in [6.45, 7) is 16.1. The van der Waals surface area contributed by atoms with Gasteiger partial charge < -0.3 is 19.8 Å². The molecule has 31 heavy (non-hydrogen) atoms. The monoisotopic (exact) mass is 434 g/mol. The molecule has 6 nitrogen and oxygen atoms in total. The van der Waals surface area contributed by atoms with Crippen LogP contribution in [0.1, 0.15) is 55.5 Å². The van der Waals surface area contributed by atoms with Crippen LogP contribution in [0.5, 0.6) is 5.75 Å². The number of imidazole rings is 1. The number of amides is 1. The lowest BCUT2D eigenvalue weighted by Gasteiger charge is -2.09. The number of ether oxygens (including phenoxy) is 1. The molecule has 1 aliphatic heterocycles. The fourth-order valence-electron chi connectivity index (χ4n) is 2.84. The van der Waals surface area contributed by atoms with E-state index in [9.17, 15) is 9.18 Å². The van der Waals surface area contributed by atoms with Crippen molar-refractivity contribution in [3.05, 3.63) is 42.2 Å². The van der Waals surface area contributed by atoms with E-state index in [0.717, 1.165) is 28.2 Å². The molecule has 1 aromatic carbocycles. The number of aryl methyl sites for hydroxylation is 1. The maximum atomic E-state index is 11.2. The lowest BCUT2D eigenvalue weighted by Crippen LogP contribution is -2.05. The maximum Gasteiger partial charge on any atom is 0.222 e. The molecule has 2 aromatic heterocycles. The van der Waals surface area contributed by atoms with Gasteiger partial charge in [-0.1, -0.05) is 41.5 Å². The number of anilines is 2. The van der Waals surface area contributed by atoms with Gasteiger partial charge in [0.05, 0.1) is 19.1 Å². The van der Waals surface area contributed by atoms with Gasteiger partial charge in [0.15, 0.2) is 12.5 Å². The first-order valence-corrected chi connectivity index (χ1v) is 10.8. The highest BCUT2D eigenvalue weighted by Gasteiger charge is 2.15. The lowest BCUT2D eigenvalue weighted by atomic mass is 10.0. The van der Waals surface area contributed by atoms with E-state index in [4.69, 9.17) is 4.74 Å². The van der Waals surface area contributed by atoms with E-state index in [1.165, 1.54) is 12.5 Å². The van der Waals surface area contributed by atoms with Crippen LogP contribution in [0.2, 0.25) is 0 Å². The summed E-state index contributed by atoms with van der Waals surface area (Å²) < 4.78 is 17.0. The van der Waals surface area contributed by atoms with Gasteiger partial charge in [0.2, 0.25) is 5.91 Å². The standard InChI is InChI=1S/C17H16N4O2.3C2H6.CH3F.H2/c1-10-5-14-15(23-9-18-14)6-13(10)12-3-4-17-20-16(19-11(2)22)8-21(17)7-12;4*1-2;/h3-8,18H,9H2,1-2H3,(H,19,22);3*1-2H3;1H3;1H. The van der Waals surface area contributed by atoms with Gasteiger partial charge in [-0.25, -0.2) is 4.98 Å². The predicted octanol–water partition coefficient (Wildman–Crippen LogP) is 6.94. The highest BCUT2D eigenvalue weighted by molar-refractivity contribution is 5.88. The average Bonchev–Trinajstić information content (AvgIpc) is 3.43. The number of benzene rings is 1. The average molecular weight is 435 g/mol. The lowest BCUT2D eigenvalue weighted by molar-refractivity contribution is -0.114. The fourth-order valence-corrected chi connectivity index (χ4v) is 2.84. The van der Waals surface area contributed by atoms with Crippen molar-refractivity contribution in [1.29, 1.82) is 0 Å². The summed E-state index contributed by atoms with van der Waals surface area (Å²) in [4.78, 5) is 15.5. The molecular formula is C24H39FN4O2. The van der Waals surface area contributed by atoms with Crippen LogP contribution in [0.4, 0.5) is 15.9 Å². The zero-order valence-corrected chi connectivity index (χ0v) is 20.3. The van der Waals surface area contributed by atoms with Crippen LogP contribution >= 0.6 is 0 Å². The Morgan fingerprint density at radius 1 is 1.13 bits per heavy atom. The molecule has 1 amide bonds. The number of hydrogen-bond acceptors (Lipinski definition) is 4. The quantitative estimate of drug-likeness (QED) is 0.458. The molecule has 0 bridgehead atoms. The van der Waals surface area contributed by atoms with Crippen molar-refractivity contribution in [2.75, 3.05) is 24.5 Å². The second-order valence-electron chi connectivity index (χ2n) is 5.62. The topological polar surface area (TPSA) is 67.7 Å². The maximum absolute atomic E-state index is 11.2. The Morgan fingerprint density at radius 3 is 2.39 bits per heavy atom. The van der Waals surface area contributed by atoms with E-state index in [-0.39, 0.29) is 7.33 Å². The Bertz CT molecular complexity index is 945. The van der Waals surface area contributed by atoms with Gasteiger partial charge in [0.25, 0.3) is 0 Å². The van der Waals surface area contributed by atoms with Gasteiger partial charge >= 0.3 is 0 Å². The summed E-state index contributed by atoms with van der Waals surface area (Å²) in [7, 11) is 0.500. The molecule has 0 fully saturated rings. The molecule has 3 aromatic rings. The first-order chi connectivity index (χ1) is 15.1. The third kappa shape index (κ3) is 7.27. The van der Waals surface area contributed by atoms with E-state index in [0.29, 0.717) is 19.7 Å². The predicted molar refractivity (Wildman–Crippen MR) is 132 cm³/mol. The molecule has 0 atom stereocenters. The molecule has 4 rings (SSSR count). The molecule has 0 unspecified atom stereocenters. The van der Waals surface area contributed by atoms with Crippen LogP contribution in [0.15, 0.2) is 36.7 Å². The molecular weight excluding hydrogens is 395 g/mol. The number of halogens is 1. The van der Waals surface area contributed by atoms with Crippen molar-refractivity contribution < 1.29 is 15.3 Å². The van der Waals surface area contributed by atoms with Crippen LogP contribution in [0.25, 0.3) is 16.8 Å². The largest absolute Gasteiger partial charge is 0.471 e. The Hall–Kier alpha value is -3.09. The minimum Gasteiger partial charge on any atom is -0.471 e. The van der Waals surface area contributed by atoms with Gasteiger partial charge in [-0.15, -0.1) is 0 Å². The molecule has 0 radical (unpaired) electrons. The Labute approximate surface area is 187 Å². The number of pyridine rings is 1. The van der Waals surface area contributed by atoms with Crippen molar-refractivity contribution in [3.63, 3.8) is 0 Å². The summed E-state index contributed by atoms with van der Waals surface area (Å²) >= 11 is 0. The highest BCUT2D eigenvalue weighted by Crippen LogP contribution is 2.36. The zero-order chi connectivity index (χ0) is 24.0. The molecule has 1 aliphatic rings. The van der Waals surface area contributed by atoms with Crippen LogP contribution in [-0.4, -0.2) is 29.2 Å². The summed E-state index contributed by atoms with van der Waals surface area (Å²) in [5.41, 5.74) is 5.17. The van der Waals surface area contributed by atoms with E-state index in [2.05, 4.69) is 34.7 Å². The minimum atomic E-state index is -0.132. The molecule has 0 spiro atoms. The molecule has 0 saturated heterocycles. The Balaban J connectivity index is 0. The van der Waals surface area contributed by atoms with E-state index in [1.54, 1.807) is 6.20 Å². The Morgan fingerprint density at radius 2 is 1.77 bits per heavy atom. The molecule has 174 valence electrons. The third-order valence-electron chi connectivity index (χ3n) is 3.88. The number of nitrogens with zero attached hydrogens (tertiary/aromatic N) is 2. The number of carbonyl (C=O) groups is 1. The van der Waals surface area contributed by atoms with Gasteiger partial charge in [-0.3, -0.25) is 9.18 Å². The van der Waals surface area contributed by atoms with Crippen molar-refractivity contribution in [3.8, 4) is 16.9 Å². The van der Waals surface area contributed by atoms with Gasteiger partial charge in [-0.2, -0.15) is 0 Å². The summed E-state index contributed by atoms with van der Waals surface area (Å²) in [5, 5.41) is 5.89. The minimum absolute atomic E-state index is 0. The zero-order valence-electron chi connectivity index (χ0n) is 20.3. The number of rotatable bonds is 2. The van der Waals surface area contributed by atoms with Crippen LogP contribution in [0.3, 0.4) is 0 Å². The molecule has 0 aliphatic carbocycles. The van der Waals surface area contributed by atoms with Crippen molar-refractivity contribution in [2.24, 2.45) is 0 Å². The fraction of sp³-hybridized carbons (Fsp3) is 0.417. The van der Waals surface area contributed by atoms with Crippen molar-refractivity contribution >= 4 is 23.1 Å². The number of fused-ring (bicyclic) bond motifs is 2. The smallest absolute Gasteiger partial charge is 0.222 e. The van der Waals surface area contributed by atoms with Gasteiger partial charge in [0, 0.05) is 14.5 Å². The van der Waals surface area contributed by atoms with E-state index < -0.39 is 0 Å². The van der Waals surface area contributed by atoms with E-state index in [1.807, 2.05) is 64.3 Å². The first-order valence-electron chi connectivity index (χ1n) is 10.8. The number of alkyl halides is 1. The normalized spacial score (nSPS) is 10.1. The summed E-state index contributed by atoms with van der Waals surface area (Å²) in [5.74, 6) is 1.29. The molecule has 0 saturated carbocycles. The summed E-state index contributed by atoms with van der Waals surface area (Å²) in [6.07, 6.45) is 3.81. The van der Waals surface area contributed by atoms with Gasteiger partial charge in [0.1, 0.15) is 11.4 Å². The summed E-state index contributed by atoms with van der Waals surface area (Å²) in [6, 6.07) is 8.11. The SMILES string of the molecule is CC.CC.CC.CC(=O)Nc1cn2cc(-c3cc4c(cc3C)NCO4)ccc2n1.CF.[HH]. The number of nitrogens with one attached hydrogen (secondary N) is 2. The molecule has 3 heterocycles. The highest BCUT2D eigenvalue weighted by atomic mass is 19.1. The van der Waals surface area contributed by atoms with E-state index >= 15 is 0 Å². The van der Waals surface area contributed by atoms with Crippen LogP contribution in [0, 0.1) is 6.92 Å². The number of hydrogen-bond donors (Lipinski definition) is 2. The molecule has 7 heteroatoms. The number of carbonyl (C=O) groups excluding carboxylic acids is 1. The van der Waals surface area contributed by atoms with Crippen LogP contribution < -0.4 is 15.4 Å².